The fraction of sp³-hybridized carbons (Fsp3) is 0.391. The van der Waals surface area contributed by atoms with E-state index in [9.17, 15) is 17.6 Å². The van der Waals surface area contributed by atoms with Crippen LogP contribution in [-0.4, -0.2) is 55.1 Å². The van der Waals surface area contributed by atoms with Gasteiger partial charge in [0, 0.05) is 31.1 Å². The Labute approximate surface area is 192 Å². The van der Waals surface area contributed by atoms with Crippen LogP contribution in [0.5, 0.6) is 0 Å². The molecule has 0 bridgehead atoms. The zero-order valence-electron chi connectivity index (χ0n) is 18.7. The number of pyridine rings is 1. The van der Waals surface area contributed by atoms with E-state index in [0.717, 1.165) is 3.97 Å². The van der Waals surface area contributed by atoms with Crippen molar-refractivity contribution in [3.63, 3.8) is 0 Å². The number of hydrogen-bond acceptors (Lipinski definition) is 6. The van der Waals surface area contributed by atoms with E-state index in [1.165, 1.54) is 24.5 Å². The molecule has 2 N–H and O–H groups in total. The Kier molecular flexibility index (Phi) is 6.66. The zero-order chi connectivity index (χ0) is 23.6. The van der Waals surface area contributed by atoms with Crippen molar-refractivity contribution in [1.29, 1.82) is 0 Å². The summed E-state index contributed by atoms with van der Waals surface area (Å²) in [6, 6.07) is 9.38. The molecule has 0 saturated carbocycles. The van der Waals surface area contributed by atoms with Crippen molar-refractivity contribution in [3.8, 4) is 0 Å². The molecule has 1 saturated heterocycles. The van der Waals surface area contributed by atoms with Crippen LogP contribution < -0.4 is 15.5 Å². The number of alkyl halides is 1. The van der Waals surface area contributed by atoms with Crippen LogP contribution in [0.15, 0.2) is 53.7 Å². The molecule has 1 aromatic carbocycles. The third-order valence-electron chi connectivity index (χ3n) is 5.95. The molecule has 0 aliphatic carbocycles. The summed E-state index contributed by atoms with van der Waals surface area (Å²) in [7, 11) is -3.88. The van der Waals surface area contributed by atoms with E-state index in [-0.39, 0.29) is 29.4 Å². The molecule has 0 radical (unpaired) electrons. The molecular weight excluding hydrogens is 445 g/mol. The number of nitrogens with one attached hydrogen (secondary N) is 2. The maximum absolute atomic E-state index is 14.9. The predicted molar refractivity (Wildman–Crippen MR) is 127 cm³/mol. The Morgan fingerprint density at radius 3 is 2.70 bits per heavy atom. The molecule has 0 unspecified atom stereocenters. The lowest BCUT2D eigenvalue weighted by Gasteiger charge is -2.39. The topological polar surface area (TPSA) is 96.3 Å². The Bertz CT molecular complexity index is 1250. The van der Waals surface area contributed by atoms with Crippen LogP contribution in [0, 0.1) is 0 Å². The largest absolute Gasteiger partial charge is 0.363 e. The van der Waals surface area contributed by atoms with Gasteiger partial charge in [0.2, 0.25) is 5.91 Å². The number of benzene rings is 1. The van der Waals surface area contributed by atoms with Crippen LogP contribution in [0.1, 0.15) is 26.7 Å². The minimum Gasteiger partial charge on any atom is -0.363 e. The highest BCUT2D eigenvalue weighted by atomic mass is 32.2. The van der Waals surface area contributed by atoms with Crippen molar-refractivity contribution in [2.24, 2.45) is 0 Å². The lowest BCUT2D eigenvalue weighted by Crippen LogP contribution is -2.51. The second-order valence-corrected chi connectivity index (χ2v) is 9.77. The Morgan fingerprint density at radius 1 is 1.27 bits per heavy atom. The summed E-state index contributed by atoms with van der Waals surface area (Å²) in [6.45, 7) is 5.07. The summed E-state index contributed by atoms with van der Waals surface area (Å²) in [6.07, 6.45) is 2.67. The van der Waals surface area contributed by atoms with Gasteiger partial charge in [-0.3, -0.25) is 4.79 Å². The quantitative estimate of drug-likeness (QED) is 0.547. The highest BCUT2D eigenvalue weighted by Crippen LogP contribution is 2.38. The van der Waals surface area contributed by atoms with E-state index in [2.05, 4.69) is 15.6 Å². The minimum absolute atomic E-state index is 0.142. The molecule has 2 atom stereocenters. The molecule has 2 aromatic heterocycles. The number of hydrogen-bond donors (Lipinski definition) is 2. The number of piperidine rings is 1. The van der Waals surface area contributed by atoms with Crippen LogP contribution in [0.4, 0.5) is 15.8 Å². The van der Waals surface area contributed by atoms with Crippen LogP contribution in [0.2, 0.25) is 0 Å². The van der Waals surface area contributed by atoms with Crippen LogP contribution in [0.3, 0.4) is 0 Å². The first-order chi connectivity index (χ1) is 15.9. The Balaban J connectivity index is 1.90. The summed E-state index contributed by atoms with van der Waals surface area (Å²) in [5.41, 5.74) is 1.25. The van der Waals surface area contributed by atoms with Gasteiger partial charge >= 0.3 is 0 Å². The summed E-state index contributed by atoms with van der Waals surface area (Å²) < 4.78 is 42.7. The maximum Gasteiger partial charge on any atom is 0.269 e. The number of halogens is 1. The number of amides is 1. The van der Waals surface area contributed by atoms with Gasteiger partial charge in [-0.15, -0.1) is 0 Å². The molecule has 0 spiro atoms. The van der Waals surface area contributed by atoms with Crippen LogP contribution >= 0.6 is 0 Å². The molecule has 1 aliphatic rings. The number of aromatic nitrogens is 2. The maximum atomic E-state index is 14.9. The van der Waals surface area contributed by atoms with Crippen molar-refractivity contribution in [1.82, 2.24) is 14.3 Å². The van der Waals surface area contributed by atoms with Crippen molar-refractivity contribution >= 4 is 38.3 Å². The molecule has 4 rings (SSSR count). The van der Waals surface area contributed by atoms with E-state index in [1.807, 2.05) is 11.8 Å². The molecule has 176 valence electrons. The number of fused-ring (bicyclic) bond motifs is 1. The first kappa shape index (κ1) is 23.2. The Morgan fingerprint density at radius 2 is 2.03 bits per heavy atom. The molecule has 8 nitrogen and oxygen atoms in total. The van der Waals surface area contributed by atoms with Gasteiger partial charge < -0.3 is 15.5 Å². The molecule has 1 fully saturated rings. The average Bonchev–Trinajstić information content (AvgIpc) is 3.27. The van der Waals surface area contributed by atoms with Gasteiger partial charge in [0.15, 0.2) is 5.65 Å². The smallest absolute Gasteiger partial charge is 0.269 e. The van der Waals surface area contributed by atoms with Crippen LogP contribution in [-0.2, 0) is 14.8 Å². The van der Waals surface area contributed by atoms with Crippen molar-refractivity contribution < 1.29 is 17.6 Å². The van der Waals surface area contributed by atoms with Crippen LogP contribution in [0.25, 0.3) is 11.0 Å². The molecule has 1 amide bonds. The SMILES string of the molecule is CCC(=O)Nc1cnc2c(ccn2S(=O)(=O)c2ccccc2)c1N(CC)[C@@H]1CCNC[C@@H]1F. The van der Waals surface area contributed by atoms with Gasteiger partial charge in [0.1, 0.15) is 6.17 Å². The van der Waals surface area contributed by atoms with E-state index in [0.29, 0.717) is 36.3 Å². The summed E-state index contributed by atoms with van der Waals surface area (Å²) in [4.78, 5) is 18.7. The van der Waals surface area contributed by atoms with Gasteiger partial charge in [-0.1, -0.05) is 25.1 Å². The first-order valence-electron chi connectivity index (χ1n) is 11.1. The fourth-order valence-corrected chi connectivity index (χ4v) is 5.63. The molecule has 33 heavy (non-hydrogen) atoms. The number of anilines is 2. The van der Waals surface area contributed by atoms with E-state index in [1.54, 1.807) is 31.2 Å². The first-order valence-corrected chi connectivity index (χ1v) is 12.5. The van der Waals surface area contributed by atoms with Crippen molar-refractivity contribution in [3.05, 3.63) is 48.8 Å². The highest BCUT2D eigenvalue weighted by molar-refractivity contribution is 7.90. The van der Waals surface area contributed by atoms with Gasteiger partial charge in [-0.25, -0.2) is 21.8 Å². The highest BCUT2D eigenvalue weighted by Gasteiger charge is 2.33. The number of nitrogens with zero attached hydrogens (tertiary/aromatic N) is 3. The third-order valence-corrected chi connectivity index (χ3v) is 7.63. The normalized spacial score (nSPS) is 18.9. The standard InChI is InChI=1S/C23H28FN5O3S/c1-3-21(30)27-19-15-26-23-17(22(19)28(4-2)20-10-12-25-14-18(20)24)11-13-29(23)33(31,32)16-8-6-5-7-9-16/h5-9,11,13,15,18,20,25H,3-4,10,12,14H2,1-2H3,(H,27,30)/t18-,20+/m0/s1. The number of carbonyl (C=O) groups is 1. The average molecular weight is 474 g/mol. The molecular formula is C23H28FN5O3S. The van der Waals surface area contributed by atoms with E-state index >= 15 is 0 Å². The number of carbonyl (C=O) groups excluding carboxylic acids is 1. The fourth-order valence-electron chi connectivity index (χ4n) is 4.31. The number of rotatable bonds is 7. The third kappa shape index (κ3) is 4.32. The zero-order valence-corrected chi connectivity index (χ0v) is 19.5. The molecule has 10 heteroatoms. The molecule has 1 aliphatic heterocycles. The molecule has 3 aromatic rings. The summed E-state index contributed by atoms with van der Waals surface area (Å²) in [5, 5.41) is 6.46. The van der Waals surface area contributed by atoms with Gasteiger partial charge in [0.05, 0.1) is 28.5 Å². The molecule has 3 heterocycles. The lowest BCUT2D eigenvalue weighted by molar-refractivity contribution is -0.115. The Hall–Kier alpha value is -2.98. The lowest BCUT2D eigenvalue weighted by atomic mass is 10.0. The van der Waals surface area contributed by atoms with Crippen molar-refractivity contribution in [2.75, 3.05) is 29.9 Å². The van der Waals surface area contributed by atoms with Gasteiger partial charge in [-0.05, 0) is 38.1 Å². The predicted octanol–water partition coefficient (Wildman–Crippen LogP) is 3.15. The van der Waals surface area contributed by atoms with Crippen molar-refractivity contribution in [2.45, 2.75) is 43.8 Å². The summed E-state index contributed by atoms with van der Waals surface area (Å²) >= 11 is 0. The van der Waals surface area contributed by atoms with E-state index in [4.69, 9.17) is 0 Å². The second kappa shape index (κ2) is 9.48. The van der Waals surface area contributed by atoms with Gasteiger partial charge in [0.25, 0.3) is 10.0 Å². The van der Waals surface area contributed by atoms with E-state index < -0.39 is 22.2 Å². The van der Waals surface area contributed by atoms with Gasteiger partial charge in [-0.2, -0.15) is 0 Å². The summed E-state index contributed by atoms with van der Waals surface area (Å²) in [5.74, 6) is -0.202. The monoisotopic (exact) mass is 473 g/mol. The minimum atomic E-state index is -3.88. The second-order valence-electron chi connectivity index (χ2n) is 7.95.